The fourth-order valence-electron chi connectivity index (χ4n) is 3.78. The molecule has 0 aromatic rings. The molecular weight excluding hydrogens is 252 g/mol. The van der Waals surface area contributed by atoms with E-state index in [1.165, 1.54) is 12.8 Å². The number of hydrogen-bond donors (Lipinski definition) is 2. The molecule has 20 heavy (non-hydrogen) atoms. The van der Waals surface area contributed by atoms with E-state index in [0.717, 1.165) is 12.8 Å². The summed E-state index contributed by atoms with van der Waals surface area (Å²) in [4.78, 5) is 11.9. The van der Waals surface area contributed by atoms with Gasteiger partial charge in [0.05, 0.1) is 0 Å². The molecule has 4 nitrogen and oxygen atoms in total. The van der Waals surface area contributed by atoms with Crippen LogP contribution in [-0.2, 0) is 4.74 Å². The average Bonchev–Trinajstić information content (AvgIpc) is 2.75. The molecule has 2 rings (SSSR count). The molecule has 0 aliphatic heterocycles. The van der Waals surface area contributed by atoms with Crippen LogP contribution < -0.4 is 11.1 Å². The lowest BCUT2D eigenvalue weighted by molar-refractivity contribution is 0.0481. The van der Waals surface area contributed by atoms with Gasteiger partial charge in [0.25, 0.3) is 0 Å². The fraction of sp³-hybridized carbons (Fsp3) is 0.938. The Morgan fingerprint density at radius 3 is 2.40 bits per heavy atom. The van der Waals surface area contributed by atoms with Crippen molar-refractivity contribution in [3.63, 3.8) is 0 Å². The van der Waals surface area contributed by atoms with Crippen LogP contribution in [0.5, 0.6) is 0 Å². The summed E-state index contributed by atoms with van der Waals surface area (Å²) in [7, 11) is 0. The Morgan fingerprint density at radius 1 is 1.30 bits per heavy atom. The van der Waals surface area contributed by atoms with Crippen molar-refractivity contribution in [3.8, 4) is 0 Å². The van der Waals surface area contributed by atoms with Gasteiger partial charge in [-0.15, -0.1) is 0 Å². The second kappa shape index (κ2) is 5.21. The van der Waals surface area contributed by atoms with Crippen LogP contribution in [0.1, 0.15) is 60.3 Å². The molecule has 0 bridgehead atoms. The molecule has 116 valence electrons. The summed E-state index contributed by atoms with van der Waals surface area (Å²) in [5.41, 5.74) is 6.04. The molecule has 1 unspecified atom stereocenters. The maximum atomic E-state index is 11.9. The molecule has 4 atom stereocenters. The molecule has 0 spiro atoms. The predicted octanol–water partition coefficient (Wildman–Crippen LogP) is 3.05. The van der Waals surface area contributed by atoms with Crippen LogP contribution in [0.25, 0.3) is 0 Å². The summed E-state index contributed by atoms with van der Waals surface area (Å²) < 4.78 is 5.34. The number of carbonyl (C=O) groups is 1. The highest BCUT2D eigenvalue weighted by Gasteiger charge is 2.58. The van der Waals surface area contributed by atoms with Gasteiger partial charge in [-0.05, 0) is 57.3 Å². The van der Waals surface area contributed by atoms with E-state index in [-0.39, 0.29) is 17.6 Å². The van der Waals surface area contributed by atoms with Crippen molar-refractivity contribution in [3.05, 3.63) is 0 Å². The number of carbonyl (C=O) groups excluding carboxylic acids is 1. The zero-order chi connectivity index (χ0) is 15.1. The van der Waals surface area contributed by atoms with Gasteiger partial charge >= 0.3 is 6.09 Å². The van der Waals surface area contributed by atoms with Gasteiger partial charge in [0.15, 0.2) is 0 Å². The van der Waals surface area contributed by atoms with E-state index in [4.69, 9.17) is 10.5 Å². The third-order valence-electron chi connectivity index (χ3n) is 4.94. The van der Waals surface area contributed by atoms with Crippen molar-refractivity contribution in [2.24, 2.45) is 23.0 Å². The minimum absolute atomic E-state index is 0.243. The van der Waals surface area contributed by atoms with Crippen LogP contribution in [0.3, 0.4) is 0 Å². The van der Waals surface area contributed by atoms with Crippen molar-refractivity contribution in [1.82, 2.24) is 5.32 Å². The molecule has 0 radical (unpaired) electrons. The molecule has 2 saturated carbocycles. The standard InChI is InChI=1S/C16H30N2O2/c1-15(2,3)20-14(19)18-11-8-6-7-10(9-11)12-13(17)16(12,4)5/h10-13H,6-9,17H2,1-5H3,(H,18,19)/t10?,11-,12-,13-/m1/s1. The van der Waals surface area contributed by atoms with Crippen molar-refractivity contribution < 1.29 is 9.53 Å². The van der Waals surface area contributed by atoms with Crippen LogP contribution in [-0.4, -0.2) is 23.8 Å². The Hall–Kier alpha value is -0.770. The lowest BCUT2D eigenvalue weighted by Gasteiger charge is -2.31. The van der Waals surface area contributed by atoms with Crippen molar-refractivity contribution in [2.75, 3.05) is 0 Å². The van der Waals surface area contributed by atoms with E-state index in [0.29, 0.717) is 17.9 Å². The Kier molecular flexibility index (Phi) is 4.07. The Morgan fingerprint density at radius 2 is 1.90 bits per heavy atom. The van der Waals surface area contributed by atoms with Crippen molar-refractivity contribution >= 4 is 6.09 Å². The summed E-state index contributed by atoms with van der Waals surface area (Å²) in [6, 6.07) is 0.569. The van der Waals surface area contributed by atoms with E-state index >= 15 is 0 Å². The highest BCUT2D eigenvalue weighted by atomic mass is 16.6. The number of rotatable bonds is 2. The number of ether oxygens (including phenoxy) is 1. The van der Waals surface area contributed by atoms with Gasteiger partial charge in [-0.3, -0.25) is 0 Å². The van der Waals surface area contributed by atoms with Crippen LogP contribution in [0.15, 0.2) is 0 Å². The van der Waals surface area contributed by atoms with Crippen LogP contribution in [0.2, 0.25) is 0 Å². The lowest BCUT2D eigenvalue weighted by Crippen LogP contribution is -2.42. The van der Waals surface area contributed by atoms with Crippen LogP contribution in [0, 0.1) is 17.3 Å². The van der Waals surface area contributed by atoms with Gasteiger partial charge in [0, 0.05) is 12.1 Å². The Bertz CT molecular complexity index is 373. The van der Waals surface area contributed by atoms with Gasteiger partial charge in [-0.25, -0.2) is 4.79 Å². The van der Waals surface area contributed by atoms with Gasteiger partial charge in [-0.2, -0.15) is 0 Å². The second-order valence-corrected chi connectivity index (χ2v) is 8.14. The summed E-state index contributed by atoms with van der Waals surface area (Å²) >= 11 is 0. The molecule has 2 aliphatic rings. The maximum Gasteiger partial charge on any atom is 0.407 e. The number of nitrogens with one attached hydrogen (secondary N) is 1. The smallest absolute Gasteiger partial charge is 0.407 e. The molecule has 4 heteroatoms. The third-order valence-corrected chi connectivity index (χ3v) is 4.94. The van der Waals surface area contributed by atoms with Gasteiger partial charge < -0.3 is 15.8 Å². The SMILES string of the molecule is CC(C)(C)OC(=O)N[C@@H]1CCCC([C@@H]2[C@@H](N)C2(C)C)C1. The van der Waals surface area contributed by atoms with E-state index in [2.05, 4.69) is 19.2 Å². The van der Waals surface area contributed by atoms with Crippen LogP contribution >= 0.6 is 0 Å². The molecule has 0 aromatic carbocycles. The molecule has 0 heterocycles. The highest BCUT2D eigenvalue weighted by Crippen LogP contribution is 2.57. The maximum absolute atomic E-state index is 11.9. The van der Waals surface area contributed by atoms with E-state index in [9.17, 15) is 4.79 Å². The van der Waals surface area contributed by atoms with E-state index < -0.39 is 5.60 Å². The molecule has 0 aromatic heterocycles. The van der Waals surface area contributed by atoms with Gasteiger partial charge in [-0.1, -0.05) is 20.3 Å². The quantitative estimate of drug-likeness (QED) is 0.818. The first-order valence-corrected chi connectivity index (χ1v) is 7.86. The van der Waals surface area contributed by atoms with Gasteiger partial charge in [0.2, 0.25) is 0 Å². The zero-order valence-electron chi connectivity index (χ0n) is 13.5. The monoisotopic (exact) mass is 282 g/mol. The molecule has 2 fully saturated rings. The summed E-state index contributed by atoms with van der Waals surface area (Å²) in [6.07, 6.45) is 4.22. The Balaban J connectivity index is 1.84. The first kappa shape index (κ1) is 15.6. The van der Waals surface area contributed by atoms with Crippen LogP contribution in [0.4, 0.5) is 4.79 Å². The number of alkyl carbamates (subject to hydrolysis) is 1. The summed E-state index contributed by atoms with van der Waals surface area (Å²) in [5.74, 6) is 1.26. The third kappa shape index (κ3) is 3.46. The van der Waals surface area contributed by atoms with Crippen molar-refractivity contribution in [2.45, 2.75) is 78.0 Å². The fourth-order valence-corrected chi connectivity index (χ4v) is 3.78. The Labute approximate surface area is 122 Å². The number of amides is 1. The molecular formula is C16H30N2O2. The second-order valence-electron chi connectivity index (χ2n) is 8.14. The normalized spacial score (nSPS) is 36.3. The summed E-state index contributed by atoms with van der Waals surface area (Å²) in [5, 5.41) is 3.03. The first-order chi connectivity index (χ1) is 9.11. The minimum Gasteiger partial charge on any atom is -0.444 e. The number of nitrogens with two attached hydrogens (primary N) is 1. The first-order valence-electron chi connectivity index (χ1n) is 7.86. The molecule has 2 aliphatic carbocycles. The molecule has 1 amide bonds. The topological polar surface area (TPSA) is 64.3 Å². The largest absolute Gasteiger partial charge is 0.444 e. The summed E-state index contributed by atoms with van der Waals surface area (Å²) in [6.45, 7) is 10.2. The van der Waals surface area contributed by atoms with Gasteiger partial charge in [0.1, 0.15) is 5.60 Å². The lowest BCUT2D eigenvalue weighted by atomic mass is 9.80. The minimum atomic E-state index is -0.432. The molecule has 3 N–H and O–H groups in total. The predicted molar refractivity (Wildman–Crippen MR) is 80.4 cm³/mol. The van der Waals surface area contributed by atoms with E-state index in [1.807, 2.05) is 20.8 Å². The average molecular weight is 282 g/mol. The molecule has 0 saturated heterocycles. The number of hydrogen-bond acceptors (Lipinski definition) is 3. The van der Waals surface area contributed by atoms with Crippen molar-refractivity contribution in [1.29, 1.82) is 0 Å². The zero-order valence-corrected chi connectivity index (χ0v) is 13.5. The van der Waals surface area contributed by atoms with E-state index in [1.54, 1.807) is 0 Å². The highest BCUT2D eigenvalue weighted by molar-refractivity contribution is 5.68.